The second-order valence-corrected chi connectivity index (χ2v) is 5.39. The predicted octanol–water partition coefficient (Wildman–Crippen LogP) is 1.29. The maximum Gasteiger partial charge on any atom is 0.410 e. The summed E-state index contributed by atoms with van der Waals surface area (Å²) in [6.07, 6.45) is 3.22. The Balaban J connectivity index is 0.00000289. The van der Waals surface area contributed by atoms with Gasteiger partial charge in [-0.05, 0) is 46.1 Å². The van der Waals surface area contributed by atoms with E-state index >= 15 is 0 Å². The van der Waals surface area contributed by atoms with Crippen LogP contribution in [0.5, 0.6) is 0 Å². The van der Waals surface area contributed by atoms with Crippen LogP contribution in [0.15, 0.2) is 0 Å². The van der Waals surface area contributed by atoms with Gasteiger partial charge in [0.15, 0.2) is 0 Å². The van der Waals surface area contributed by atoms with Crippen LogP contribution in [0.3, 0.4) is 0 Å². The Kier molecular flexibility index (Phi) is 8.03. The zero-order valence-corrected chi connectivity index (χ0v) is 14.2. The monoisotopic (exact) mass is 330 g/mol. The molecule has 0 aromatic carbocycles. The van der Waals surface area contributed by atoms with Gasteiger partial charge in [-0.2, -0.15) is 6.41 Å². The number of rotatable bonds is 3. The van der Waals surface area contributed by atoms with E-state index in [4.69, 9.17) is 4.74 Å². The molecule has 5 nitrogen and oxygen atoms in total. The first-order chi connectivity index (χ1) is 7.92. The third-order valence-electron chi connectivity index (χ3n) is 2.73. The fourth-order valence-corrected chi connectivity index (χ4v) is 1.83. The number of nitrogens with zero attached hydrogens (tertiary/aromatic N) is 1. The molecule has 101 valence electrons. The number of amides is 2. The van der Waals surface area contributed by atoms with E-state index < -0.39 is 5.60 Å². The Morgan fingerprint density at radius 1 is 1.39 bits per heavy atom. The van der Waals surface area contributed by atoms with Crippen molar-refractivity contribution >= 4 is 12.5 Å². The molecule has 1 rings (SSSR count). The number of piperidine rings is 1. The average molecular weight is 330 g/mol. The SMILES string of the molecule is CC(C)(C)OC(=O)N1CCC(CN[C-]=O)CC1.[Y]. The number of hydrogen-bond acceptors (Lipinski definition) is 3. The van der Waals surface area contributed by atoms with Gasteiger partial charge in [-0.25, -0.2) is 4.79 Å². The molecular weight excluding hydrogens is 309 g/mol. The van der Waals surface area contributed by atoms with Gasteiger partial charge in [0, 0.05) is 45.8 Å². The fourth-order valence-electron chi connectivity index (χ4n) is 1.83. The first-order valence-electron chi connectivity index (χ1n) is 6.00. The largest absolute Gasteiger partial charge is 0.530 e. The zero-order chi connectivity index (χ0) is 12.9. The number of nitrogens with one attached hydrogen (secondary N) is 1. The van der Waals surface area contributed by atoms with E-state index in [1.54, 1.807) is 11.3 Å². The topological polar surface area (TPSA) is 58.6 Å². The minimum absolute atomic E-state index is 0. The maximum absolute atomic E-state index is 11.8. The number of hydrogen-bond donors (Lipinski definition) is 1. The predicted molar refractivity (Wildman–Crippen MR) is 64.2 cm³/mol. The molecule has 2 amide bonds. The van der Waals surface area contributed by atoms with Crippen molar-refractivity contribution in [3.63, 3.8) is 0 Å². The molecule has 1 aliphatic rings. The van der Waals surface area contributed by atoms with Crippen molar-refractivity contribution in [1.29, 1.82) is 0 Å². The molecule has 0 saturated carbocycles. The van der Waals surface area contributed by atoms with Gasteiger partial charge in [0.05, 0.1) is 0 Å². The minimum atomic E-state index is -0.442. The van der Waals surface area contributed by atoms with E-state index in [1.807, 2.05) is 20.8 Å². The molecule has 1 heterocycles. The molecule has 1 saturated heterocycles. The Labute approximate surface area is 134 Å². The summed E-state index contributed by atoms with van der Waals surface area (Å²) >= 11 is 0. The van der Waals surface area contributed by atoms with E-state index in [-0.39, 0.29) is 38.8 Å². The molecule has 0 aromatic rings. The summed E-state index contributed by atoms with van der Waals surface area (Å²) in [5, 5.41) is 2.56. The molecular formula is C12H21N2O3Y-. The standard InChI is InChI=1S/C12H21N2O3.Y/c1-12(2,3)17-11(16)14-6-4-10(5-7-14)8-13-9-15;/h10H,4-8H2,1-3H3,(H,13,15);/q-1;. The smallest absolute Gasteiger partial charge is 0.410 e. The molecule has 1 radical (unpaired) electrons. The third kappa shape index (κ3) is 6.69. The zero-order valence-electron chi connectivity index (χ0n) is 11.4. The van der Waals surface area contributed by atoms with E-state index in [0.717, 1.165) is 12.8 Å². The second kappa shape index (κ2) is 8.10. The van der Waals surface area contributed by atoms with Crippen molar-refractivity contribution in [2.24, 2.45) is 5.92 Å². The summed E-state index contributed by atoms with van der Waals surface area (Å²) in [5.41, 5.74) is -0.442. The Hall–Kier alpha value is -0.156. The van der Waals surface area contributed by atoms with Gasteiger partial charge in [-0.15, -0.1) is 0 Å². The second-order valence-electron chi connectivity index (χ2n) is 5.39. The van der Waals surface area contributed by atoms with Gasteiger partial charge < -0.3 is 19.7 Å². The molecule has 0 atom stereocenters. The Bertz CT molecular complexity index is 271. The van der Waals surface area contributed by atoms with Crippen LogP contribution in [0.1, 0.15) is 33.6 Å². The van der Waals surface area contributed by atoms with Crippen molar-refractivity contribution in [3.8, 4) is 0 Å². The maximum atomic E-state index is 11.8. The van der Waals surface area contributed by atoms with Crippen LogP contribution in [0, 0.1) is 5.92 Å². The van der Waals surface area contributed by atoms with Gasteiger partial charge in [-0.1, -0.05) is 0 Å². The van der Waals surface area contributed by atoms with Gasteiger partial charge in [0.1, 0.15) is 5.60 Å². The van der Waals surface area contributed by atoms with Crippen molar-refractivity contribution < 1.29 is 47.0 Å². The van der Waals surface area contributed by atoms with Gasteiger partial charge in [0.2, 0.25) is 0 Å². The fraction of sp³-hybridized carbons (Fsp3) is 0.833. The molecule has 1 fully saturated rings. The van der Waals surface area contributed by atoms with Crippen LogP contribution in [0.25, 0.3) is 0 Å². The molecule has 0 bridgehead atoms. The molecule has 18 heavy (non-hydrogen) atoms. The van der Waals surface area contributed by atoms with E-state index in [9.17, 15) is 9.59 Å². The van der Waals surface area contributed by atoms with E-state index in [0.29, 0.717) is 25.6 Å². The number of ether oxygens (including phenoxy) is 1. The van der Waals surface area contributed by atoms with Crippen LogP contribution >= 0.6 is 0 Å². The molecule has 0 aromatic heterocycles. The van der Waals surface area contributed by atoms with E-state index in [2.05, 4.69) is 5.32 Å². The van der Waals surface area contributed by atoms with Crippen molar-refractivity contribution in [1.82, 2.24) is 10.2 Å². The number of likely N-dealkylation sites (tertiary alicyclic amines) is 1. The van der Waals surface area contributed by atoms with Gasteiger partial charge >= 0.3 is 6.09 Å². The molecule has 6 heteroatoms. The number of carbonyl (C=O) groups is 1. The summed E-state index contributed by atoms with van der Waals surface area (Å²) in [5.74, 6) is 0.440. The van der Waals surface area contributed by atoms with Crippen LogP contribution in [-0.4, -0.2) is 42.6 Å². The van der Waals surface area contributed by atoms with Crippen LogP contribution in [0.2, 0.25) is 0 Å². The quantitative estimate of drug-likeness (QED) is 0.627. The van der Waals surface area contributed by atoms with Crippen molar-refractivity contribution in [2.45, 2.75) is 39.2 Å². The summed E-state index contributed by atoms with van der Waals surface area (Å²) in [6.45, 7) is 7.62. The molecule has 1 aliphatic heterocycles. The third-order valence-corrected chi connectivity index (χ3v) is 2.73. The first-order valence-corrected chi connectivity index (χ1v) is 6.00. The van der Waals surface area contributed by atoms with Gasteiger partial charge in [0.25, 0.3) is 0 Å². The normalized spacial score (nSPS) is 16.7. The van der Waals surface area contributed by atoms with E-state index in [1.165, 1.54) is 0 Å². The Morgan fingerprint density at radius 2 is 1.94 bits per heavy atom. The summed E-state index contributed by atoms with van der Waals surface area (Å²) < 4.78 is 5.30. The molecule has 0 unspecified atom stereocenters. The summed E-state index contributed by atoms with van der Waals surface area (Å²) in [7, 11) is 0. The van der Waals surface area contributed by atoms with Crippen LogP contribution < -0.4 is 5.32 Å². The summed E-state index contributed by atoms with van der Waals surface area (Å²) in [4.78, 5) is 23.5. The molecule has 0 spiro atoms. The average Bonchev–Trinajstić information content (AvgIpc) is 2.24. The number of carbonyl (C=O) groups excluding carboxylic acids is 2. The van der Waals surface area contributed by atoms with Crippen LogP contribution in [0.4, 0.5) is 4.79 Å². The molecule has 1 N–H and O–H groups in total. The minimum Gasteiger partial charge on any atom is -0.530 e. The summed E-state index contributed by atoms with van der Waals surface area (Å²) in [6, 6.07) is 0. The van der Waals surface area contributed by atoms with Crippen molar-refractivity contribution in [2.75, 3.05) is 19.6 Å². The van der Waals surface area contributed by atoms with Gasteiger partial charge in [-0.3, -0.25) is 0 Å². The van der Waals surface area contributed by atoms with Crippen LogP contribution in [-0.2, 0) is 42.2 Å². The first kappa shape index (κ1) is 17.8. The van der Waals surface area contributed by atoms with Crippen molar-refractivity contribution in [3.05, 3.63) is 0 Å². The Morgan fingerprint density at radius 3 is 2.39 bits per heavy atom. The molecule has 0 aliphatic carbocycles.